The summed E-state index contributed by atoms with van der Waals surface area (Å²) in [4.78, 5) is 10.0. The first-order valence-corrected chi connectivity index (χ1v) is 7.00. The van der Waals surface area contributed by atoms with E-state index in [1.165, 1.54) is 0 Å². The van der Waals surface area contributed by atoms with E-state index in [-0.39, 0.29) is 15.8 Å². The Labute approximate surface area is 130 Å². The van der Waals surface area contributed by atoms with Crippen LogP contribution >= 0.6 is 15.9 Å². The minimum absolute atomic E-state index is 0.155. The van der Waals surface area contributed by atoms with Crippen LogP contribution in [0.25, 0.3) is 0 Å². The molecule has 1 aliphatic rings. The largest absolute Gasteiger partial charge is 0.486 e. The van der Waals surface area contributed by atoms with Gasteiger partial charge in [-0.3, -0.25) is 4.79 Å². The van der Waals surface area contributed by atoms with E-state index in [1.54, 1.807) is 26.8 Å². The highest BCUT2D eigenvalue weighted by Crippen LogP contribution is 2.36. The summed E-state index contributed by atoms with van der Waals surface area (Å²) in [7, 11) is 0. The van der Waals surface area contributed by atoms with Gasteiger partial charge in [0.2, 0.25) is 0 Å². The van der Waals surface area contributed by atoms with E-state index in [9.17, 15) is 9.18 Å². The van der Waals surface area contributed by atoms with Gasteiger partial charge in [-0.1, -0.05) is 0 Å². The number of fused-ring (bicyclic) bond motifs is 1. The van der Waals surface area contributed by atoms with Crippen LogP contribution in [0.2, 0.25) is 0 Å². The van der Waals surface area contributed by atoms with E-state index in [1.807, 2.05) is 6.07 Å². The molecule has 21 heavy (non-hydrogen) atoms. The van der Waals surface area contributed by atoms with Crippen LogP contribution in [0.3, 0.4) is 0 Å². The van der Waals surface area contributed by atoms with Crippen LogP contribution in [0.4, 0.5) is 10.1 Å². The van der Waals surface area contributed by atoms with E-state index < -0.39 is 17.2 Å². The number of ether oxygens (including phenoxy) is 1. The number of hydrogen-bond acceptors (Lipinski definition) is 4. The SMILES string of the molecule is CC(C)(C)C(=O)O.N#Cc1cc2c(c(F)c1Br)OCCN2. The lowest BCUT2D eigenvalue weighted by Gasteiger charge is -2.20. The molecule has 7 heteroatoms. The smallest absolute Gasteiger partial charge is 0.308 e. The first-order valence-electron chi connectivity index (χ1n) is 6.20. The normalized spacial score (nSPS) is 12.8. The third-order valence-electron chi connectivity index (χ3n) is 2.59. The Morgan fingerprint density at radius 3 is 2.62 bits per heavy atom. The van der Waals surface area contributed by atoms with Crippen LogP contribution in [0.15, 0.2) is 10.5 Å². The number of carbonyl (C=O) groups is 1. The highest BCUT2D eigenvalue weighted by molar-refractivity contribution is 9.10. The lowest BCUT2D eigenvalue weighted by Crippen LogP contribution is -2.19. The fourth-order valence-corrected chi connectivity index (χ4v) is 1.69. The molecule has 0 saturated heterocycles. The second kappa shape index (κ2) is 6.76. The van der Waals surface area contributed by atoms with E-state index in [4.69, 9.17) is 15.1 Å². The molecule has 114 valence electrons. The lowest BCUT2D eigenvalue weighted by atomic mass is 9.98. The first-order chi connectivity index (χ1) is 9.68. The topological polar surface area (TPSA) is 82.3 Å². The molecule has 1 aromatic rings. The number of carboxylic acid groups (broad SMARTS) is 1. The van der Waals surface area contributed by atoms with Crippen LogP contribution in [0.1, 0.15) is 26.3 Å². The van der Waals surface area contributed by atoms with Gasteiger partial charge in [0.15, 0.2) is 11.6 Å². The highest BCUT2D eigenvalue weighted by atomic mass is 79.9. The van der Waals surface area contributed by atoms with Gasteiger partial charge in [-0.15, -0.1) is 0 Å². The molecule has 0 atom stereocenters. The van der Waals surface area contributed by atoms with Crippen molar-refractivity contribution in [2.45, 2.75) is 20.8 Å². The molecule has 2 rings (SSSR count). The Morgan fingerprint density at radius 2 is 2.14 bits per heavy atom. The molecular formula is C14H16BrFN2O3. The van der Waals surface area contributed by atoms with Crippen LogP contribution in [-0.2, 0) is 4.79 Å². The molecule has 0 saturated carbocycles. The van der Waals surface area contributed by atoms with E-state index in [0.717, 1.165) is 0 Å². The lowest BCUT2D eigenvalue weighted by molar-refractivity contribution is -0.145. The predicted molar refractivity (Wildman–Crippen MR) is 79.9 cm³/mol. The van der Waals surface area contributed by atoms with Crippen molar-refractivity contribution in [1.29, 1.82) is 5.26 Å². The number of rotatable bonds is 0. The Bertz CT molecular complexity index is 591. The number of halogens is 2. The Morgan fingerprint density at radius 1 is 1.57 bits per heavy atom. The van der Waals surface area contributed by atoms with Gasteiger partial charge in [0.25, 0.3) is 0 Å². The molecule has 0 spiro atoms. The van der Waals surface area contributed by atoms with Gasteiger partial charge in [0.1, 0.15) is 12.7 Å². The number of hydrogen-bond donors (Lipinski definition) is 2. The number of nitrogens with one attached hydrogen (secondary N) is 1. The van der Waals surface area contributed by atoms with Gasteiger partial charge in [0.05, 0.1) is 21.1 Å². The number of anilines is 1. The molecular weight excluding hydrogens is 343 g/mol. The van der Waals surface area contributed by atoms with Crippen LogP contribution < -0.4 is 10.1 Å². The Hall–Kier alpha value is -1.81. The van der Waals surface area contributed by atoms with Gasteiger partial charge in [-0.05, 0) is 42.8 Å². The summed E-state index contributed by atoms with van der Waals surface area (Å²) in [5, 5.41) is 19.9. The molecule has 2 N–H and O–H groups in total. The summed E-state index contributed by atoms with van der Waals surface area (Å²) in [6, 6.07) is 3.47. The minimum Gasteiger partial charge on any atom is -0.486 e. The molecule has 1 heterocycles. The number of benzene rings is 1. The molecule has 5 nitrogen and oxygen atoms in total. The maximum Gasteiger partial charge on any atom is 0.308 e. The maximum atomic E-state index is 13.6. The fraction of sp³-hybridized carbons (Fsp3) is 0.429. The molecule has 0 aromatic heterocycles. The van der Waals surface area contributed by atoms with Gasteiger partial charge >= 0.3 is 5.97 Å². The van der Waals surface area contributed by atoms with E-state index >= 15 is 0 Å². The maximum absolute atomic E-state index is 13.6. The van der Waals surface area contributed by atoms with Gasteiger partial charge in [-0.2, -0.15) is 5.26 Å². The van der Waals surface area contributed by atoms with Crippen LogP contribution in [0.5, 0.6) is 5.75 Å². The zero-order valence-corrected chi connectivity index (χ0v) is 13.5. The molecule has 0 fully saturated rings. The summed E-state index contributed by atoms with van der Waals surface area (Å²) in [6.07, 6.45) is 0. The minimum atomic E-state index is -0.757. The molecule has 0 amide bonds. The van der Waals surface area contributed by atoms with Crippen molar-refractivity contribution in [1.82, 2.24) is 0 Å². The highest BCUT2D eigenvalue weighted by Gasteiger charge is 2.20. The van der Waals surface area contributed by atoms with Gasteiger partial charge < -0.3 is 15.2 Å². The molecule has 0 bridgehead atoms. The standard InChI is InChI=1S/C9H6BrFN2O.C5H10O2/c10-7-5(4-12)3-6-9(8(7)11)14-2-1-13-6;1-5(2,3)4(6)7/h3,13H,1-2H2;1-3H3,(H,6,7). The van der Waals surface area contributed by atoms with Crippen LogP contribution in [-0.4, -0.2) is 24.2 Å². The monoisotopic (exact) mass is 358 g/mol. The zero-order valence-electron chi connectivity index (χ0n) is 12.0. The summed E-state index contributed by atoms with van der Waals surface area (Å²) in [5.74, 6) is -1.10. The number of nitrogens with zero attached hydrogens (tertiary/aromatic N) is 1. The summed E-state index contributed by atoms with van der Waals surface area (Å²) in [6.45, 7) is 6.04. The van der Waals surface area contributed by atoms with Crippen molar-refractivity contribution in [2.75, 3.05) is 18.5 Å². The Kier molecular flexibility index (Phi) is 5.55. The van der Waals surface area contributed by atoms with Crippen molar-refractivity contribution in [3.05, 3.63) is 21.9 Å². The van der Waals surface area contributed by atoms with Crippen LogP contribution in [0, 0.1) is 22.6 Å². The number of aliphatic carboxylic acids is 1. The van der Waals surface area contributed by atoms with Crippen molar-refractivity contribution < 1.29 is 19.0 Å². The quantitative estimate of drug-likeness (QED) is 0.742. The molecule has 1 aliphatic heterocycles. The van der Waals surface area contributed by atoms with Crippen molar-refractivity contribution >= 4 is 27.6 Å². The van der Waals surface area contributed by atoms with Gasteiger partial charge in [-0.25, -0.2) is 4.39 Å². The molecule has 0 unspecified atom stereocenters. The summed E-state index contributed by atoms with van der Waals surface area (Å²) < 4.78 is 18.9. The fourth-order valence-electron chi connectivity index (χ4n) is 1.30. The first kappa shape index (κ1) is 17.2. The summed E-state index contributed by atoms with van der Waals surface area (Å²) in [5.41, 5.74) is 0.216. The van der Waals surface area contributed by atoms with Gasteiger partial charge in [0, 0.05) is 6.54 Å². The van der Waals surface area contributed by atoms with Crippen molar-refractivity contribution in [3.63, 3.8) is 0 Å². The van der Waals surface area contributed by atoms with Crippen molar-refractivity contribution in [3.8, 4) is 11.8 Å². The molecule has 1 aromatic carbocycles. The van der Waals surface area contributed by atoms with E-state index in [2.05, 4.69) is 21.2 Å². The molecule has 0 aliphatic carbocycles. The second-order valence-electron chi connectivity index (χ2n) is 5.37. The average Bonchev–Trinajstić information content (AvgIpc) is 2.42. The number of carboxylic acids is 1. The zero-order chi connectivity index (χ0) is 16.2. The predicted octanol–water partition coefficient (Wildman–Crippen LogP) is 3.38. The Balaban J connectivity index is 0.000000270. The summed E-state index contributed by atoms with van der Waals surface area (Å²) >= 11 is 3.01. The third kappa shape index (κ3) is 4.33. The van der Waals surface area contributed by atoms with Crippen molar-refractivity contribution in [2.24, 2.45) is 5.41 Å². The molecule has 0 radical (unpaired) electrons. The second-order valence-corrected chi connectivity index (χ2v) is 6.16. The average molecular weight is 359 g/mol. The van der Waals surface area contributed by atoms with E-state index in [0.29, 0.717) is 18.8 Å². The number of nitriles is 1. The third-order valence-corrected chi connectivity index (χ3v) is 3.36.